The molecule has 0 unspecified atom stereocenters. The predicted molar refractivity (Wildman–Crippen MR) is 81.1 cm³/mol. The third kappa shape index (κ3) is 3.87. The Hall–Kier alpha value is -1.26. The first-order valence-corrected chi connectivity index (χ1v) is 7.15. The predicted octanol–water partition coefficient (Wildman–Crippen LogP) is 3.68. The van der Waals surface area contributed by atoms with Gasteiger partial charge in [-0.1, -0.05) is 11.6 Å². The molecule has 2 aromatic rings. The summed E-state index contributed by atoms with van der Waals surface area (Å²) in [6.45, 7) is 11.7. The van der Waals surface area contributed by atoms with Gasteiger partial charge in [0.1, 0.15) is 11.5 Å². The smallest absolute Gasteiger partial charge is 0.118 e. The lowest BCUT2D eigenvalue weighted by atomic mass is 10.1. The monoisotopic (exact) mass is 295 g/mol. The largest absolute Gasteiger partial charge is 0.465 e. The van der Waals surface area contributed by atoms with Crippen molar-refractivity contribution in [3.05, 3.63) is 40.1 Å². The molecule has 110 valence electrons. The number of nitrogens with one attached hydrogen (secondary N) is 1. The van der Waals surface area contributed by atoms with E-state index in [1.54, 1.807) is 0 Å². The molecule has 0 fully saturated rings. The van der Waals surface area contributed by atoms with E-state index >= 15 is 0 Å². The van der Waals surface area contributed by atoms with E-state index in [0.717, 1.165) is 29.3 Å². The van der Waals surface area contributed by atoms with Crippen molar-refractivity contribution in [2.45, 2.75) is 53.2 Å². The van der Waals surface area contributed by atoms with Crippen LogP contribution in [0.3, 0.4) is 0 Å². The van der Waals surface area contributed by atoms with E-state index in [0.29, 0.717) is 11.6 Å². The van der Waals surface area contributed by atoms with Crippen LogP contribution < -0.4 is 5.32 Å². The van der Waals surface area contributed by atoms with Crippen molar-refractivity contribution >= 4 is 11.6 Å². The van der Waals surface area contributed by atoms with Crippen molar-refractivity contribution < 1.29 is 4.42 Å². The van der Waals surface area contributed by atoms with Gasteiger partial charge in [0.05, 0.1) is 23.8 Å². The Kier molecular flexibility index (Phi) is 4.25. The minimum absolute atomic E-state index is 0.0769. The van der Waals surface area contributed by atoms with Gasteiger partial charge in [-0.3, -0.25) is 4.68 Å². The van der Waals surface area contributed by atoms with Crippen LogP contribution in [0.5, 0.6) is 0 Å². The first-order chi connectivity index (χ1) is 9.24. The number of furan rings is 1. The van der Waals surface area contributed by atoms with E-state index in [4.69, 9.17) is 16.0 Å². The molecule has 0 saturated heterocycles. The molecule has 5 heteroatoms. The van der Waals surface area contributed by atoms with Gasteiger partial charge in [-0.25, -0.2) is 0 Å². The van der Waals surface area contributed by atoms with E-state index in [1.165, 1.54) is 0 Å². The van der Waals surface area contributed by atoms with Crippen molar-refractivity contribution in [2.75, 3.05) is 0 Å². The zero-order valence-electron chi connectivity index (χ0n) is 12.7. The van der Waals surface area contributed by atoms with Crippen LogP contribution in [-0.2, 0) is 13.1 Å². The van der Waals surface area contributed by atoms with Crippen molar-refractivity contribution in [3.8, 4) is 0 Å². The average Bonchev–Trinajstić information content (AvgIpc) is 2.81. The van der Waals surface area contributed by atoms with Crippen molar-refractivity contribution in [1.29, 1.82) is 0 Å². The number of hydrogen-bond acceptors (Lipinski definition) is 3. The lowest BCUT2D eigenvalue weighted by Gasteiger charge is -2.19. The molecular weight excluding hydrogens is 274 g/mol. The molecule has 0 radical (unpaired) electrons. The molecule has 2 rings (SSSR count). The standard InChI is InChI=1S/C15H22ClN3O/c1-10-14(16)9-19(18-10)8-12-6-13(20-11(12)2)7-17-15(3,4)5/h6,9,17H,7-8H2,1-5H3. The van der Waals surface area contributed by atoms with Crippen LogP contribution in [0.2, 0.25) is 5.02 Å². The number of aryl methyl sites for hydroxylation is 2. The fourth-order valence-corrected chi connectivity index (χ4v) is 2.08. The first-order valence-electron chi connectivity index (χ1n) is 6.77. The summed E-state index contributed by atoms with van der Waals surface area (Å²) in [5.41, 5.74) is 2.06. The third-order valence-corrected chi connectivity index (χ3v) is 3.45. The lowest BCUT2D eigenvalue weighted by Crippen LogP contribution is -2.34. The fraction of sp³-hybridized carbons (Fsp3) is 0.533. The molecule has 0 aliphatic heterocycles. The molecule has 0 atom stereocenters. The second-order valence-corrected chi connectivity index (χ2v) is 6.56. The molecule has 20 heavy (non-hydrogen) atoms. The Bertz CT molecular complexity index is 573. The number of rotatable bonds is 4. The molecular formula is C15H22ClN3O. The summed E-state index contributed by atoms with van der Waals surface area (Å²) >= 11 is 6.02. The second-order valence-electron chi connectivity index (χ2n) is 6.16. The zero-order chi connectivity index (χ0) is 14.9. The van der Waals surface area contributed by atoms with Crippen molar-refractivity contribution in [3.63, 3.8) is 0 Å². The molecule has 0 aromatic carbocycles. The minimum Gasteiger partial charge on any atom is -0.465 e. The molecule has 2 heterocycles. The van der Waals surface area contributed by atoms with Gasteiger partial charge in [0.15, 0.2) is 0 Å². The lowest BCUT2D eigenvalue weighted by molar-refractivity contribution is 0.382. The molecule has 0 saturated carbocycles. The Morgan fingerprint density at radius 1 is 1.35 bits per heavy atom. The summed E-state index contributed by atoms with van der Waals surface area (Å²) in [4.78, 5) is 0. The Labute approximate surface area is 125 Å². The summed E-state index contributed by atoms with van der Waals surface area (Å²) in [7, 11) is 0. The topological polar surface area (TPSA) is 43.0 Å². The minimum atomic E-state index is 0.0769. The van der Waals surface area contributed by atoms with Gasteiger partial charge in [0.2, 0.25) is 0 Å². The van der Waals surface area contributed by atoms with E-state index < -0.39 is 0 Å². The van der Waals surface area contributed by atoms with Gasteiger partial charge in [-0.2, -0.15) is 5.10 Å². The number of aromatic nitrogens is 2. The molecule has 0 spiro atoms. The maximum atomic E-state index is 6.02. The van der Waals surface area contributed by atoms with Gasteiger partial charge in [-0.15, -0.1) is 0 Å². The Morgan fingerprint density at radius 2 is 2.05 bits per heavy atom. The summed E-state index contributed by atoms with van der Waals surface area (Å²) in [6.07, 6.45) is 1.84. The number of hydrogen-bond donors (Lipinski definition) is 1. The van der Waals surface area contributed by atoms with Crippen LogP contribution in [0.4, 0.5) is 0 Å². The van der Waals surface area contributed by atoms with Crippen LogP contribution in [0.15, 0.2) is 16.7 Å². The van der Waals surface area contributed by atoms with E-state index in [2.05, 4.69) is 37.3 Å². The van der Waals surface area contributed by atoms with E-state index in [9.17, 15) is 0 Å². The summed E-state index contributed by atoms with van der Waals surface area (Å²) in [6, 6.07) is 2.08. The Morgan fingerprint density at radius 3 is 2.60 bits per heavy atom. The molecule has 4 nitrogen and oxygen atoms in total. The highest BCUT2D eigenvalue weighted by atomic mass is 35.5. The van der Waals surface area contributed by atoms with Crippen LogP contribution >= 0.6 is 11.6 Å². The molecule has 0 amide bonds. The highest BCUT2D eigenvalue weighted by Gasteiger charge is 2.13. The normalized spacial score (nSPS) is 12.1. The van der Waals surface area contributed by atoms with E-state index in [-0.39, 0.29) is 5.54 Å². The quantitative estimate of drug-likeness (QED) is 0.935. The maximum absolute atomic E-state index is 6.02. The molecule has 0 aliphatic carbocycles. The van der Waals surface area contributed by atoms with Gasteiger partial charge >= 0.3 is 0 Å². The SMILES string of the molecule is Cc1nn(Cc2cc(CNC(C)(C)C)oc2C)cc1Cl. The summed E-state index contributed by atoms with van der Waals surface area (Å²) in [5.74, 6) is 1.88. The highest BCUT2D eigenvalue weighted by Crippen LogP contribution is 2.18. The van der Waals surface area contributed by atoms with Crippen LogP contribution in [-0.4, -0.2) is 15.3 Å². The fourth-order valence-electron chi connectivity index (χ4n) is 1.93. The molecule has 2 aromatic heterocycles. The van der Waals surface area contributed by atoms with Crippen LogP contribution in [0.25, 0.3) is 0 Å². The van der Waals surface area contributed by atoms with Crippen LogP contribution in [0, 0.1) is 13.8 Å². The molecule has 1 N–H and O–H groups in total. The third-order valence-electron chi connectivity index (χ3n) is 3.08. The van der Waals surface area contributed by atoms with Crippen molar-refractivity contribution in [2.24, 2.45) is 0 Å². The molecule has 0 bridgehead atoms. The first kappa shape index (κ1) is 15.1. The van der Waals surface area contributed by atoms with Gasteiger partial charge < -0.3 is 9.73 Å². The highest BCUT2D eigenvalue weighted by molar-refractivity contribution is 6.31. The van der Waals surface area contributed by atoms with Crippen molar-refractivity contribution in [1.82, 2.24) is 15.1 Å². The molecule has 0 aliphatic rings. The second kappa shape index (κ2) is 5.62. The maximum Gasteiger partial charge on any atom is 0.118 e. The number of halogens is 1. The van der Waals surface area contributed by atoms with Gasteiger partial charge in [-0.05, 0) is 40.7 Å². The summed E-state index contributed by atoms with van der Waals surface area (Å²) in [5, 5.41) is 8.48. The average molecular weight is 296 g/mol. The summed E-state index contributed by atoms with van der Waals surface area (Å²) < 4.78 is 7.63. The number of nitrogens with zero attached hydrogens (tertiary/aromatic N) is 2. The van der Waals surface area contributed by atoms with Crippen LogP contribution in [0.1, 0.15) is 43.5 Å². The van der Waals surface area contributed by atoms with Gasteiger partial charge in [0, 0.05) is 17.3 Å². The van der Waals surface area contributed by atoms with Gasteiger partial charge in [0.25, 0.3) is 0 Å². The Balaban J connectivity index is 2.07. The zero-order valence-corrected chi connectivity index (χ0v) is 13.5. The van der Waals surface area contributed by atoms with E-state index in [1.807, 2.05) is 24.7 Å².